The van der Waals surface area contributed by atoms with E-state index in [4.69, 9.17) is 14.9 Å². The van der Waals surface area contributed by atoms with Gasteiger partial charge in [-0.25, -0.2) is 9.50 Å². The van der Waals surface area contributed by atoms with Crippen molar-refractivity contribution in [2.24, 2.45) is 0 Å². The van der Waals surface area contributed by atoms with Gasteiger partial charge in [0.25, 0.3) is 5.88 Å². The first-order valence-corrected chi connectivity index (χ1v) is 10.5. The van der Waals surface area contributed by atoms with E-state index in [-0.39, 0.29) is 42.7 Å². The number of nitrogens with one attached hydrogen (secondary N) is 1. The number of likely N-dealkylation sites (tertiary alicyclic amines) is 1. The van der Waals surface area contributed by atoms with Crippen LogP contribution in [0.1, 0.15) is 19.3 Å². The van der Waals surface area contributed by atoms with Crippen molar-refractivity contribution in [1.82, 2.24) is 24.5 Å². The molecule has 1 aliphatic rings. The van der Waals surface area contributed by atoms with E-state index in [1.165, 1.54) is 0 Å². The average molecular weight is 444 g/mol. The fourth-order valence-corrected chi connectivity index (χ4v) is 3.69. The van der Waals surface area contributed by atoms with Crippen LogP contribution in [-0.4, -0.2) is 79.6 Å². The zero-order valence-corrected chi connectivity index (χ0v) is 17.4. The number of aliphatic hydroxyl groups is 2. The van der Waals surface area contributed by atoms with Crippen LogP contribution in [0.15, 0.2) is 30.6 Å². The van der Waals surface area contributed by atoms with Crippen LogP contribution >= 0.6 is 0 Å². The molecule has 3 N–H and O–H groups in total. The number of fused-ring (bicyclic) bond motifs is 1. The molecule has 170 valence electrons. The SMILES string of the molecule is O=C(CO)N1CCC[C@@H](Nc2nc(-c3cnn4ccccc34)nc(OCCCO)c2F)C1. The molecule has 0 bridgehead atoms. The molecule has 0 radical (unpaired) electrons. The molecule has 0 saturated carbocycles. The van der Waals surface area contributed by atoms with Crippen LogP contribution in [0.2, 0.25) is 0 Å². The number of anilines is 1. The number of rotatable bonds is 8. The van der Waals surface area contributed by atoms with Crippen molar-refractivity contribution in [2.75, 3.05) is 38.2 Å². The number of carbonyl (C=O) groups excluding carboxylic acids is 1. The Kier molecular flexibility index (Phi) is 6.76. The maximum Gasteiger partial charge on any atom is 0.256 e. The van der Waals surface area contributed by atoms with Gasteiger partial charge < -0.3 is 25.2 Å². The number of piperidine rings is 1. The van der Waals surface area contributed by atoms with Gasteiger partial charge in [-0.2, -0.15) is 14.5 Å². The third-order valence-corrected chi connectivity index (χ3v) is 5.28. The van der Waals surface area contributed by atoms with Crippen molar-refractivity contribution in [3.63, 3.8) is 0 Å². The second kappa shape index (κ2) is 9.88. The van der Waals surface area contributed by atoms with Gasteiger partial charge in [-0.3, -0.25) is 4.79 Å². The number of carbonyl (C=O) groups is 1. The Labute approximate surface area is 183 Å². The van der Waals surface area contributed by atoms with E-state index in [0.29, 0.717) is 31.5 Å². The molecule has 0 spiro atoms. The van der Waals surface area contributed by atoms with E-state index in [2.05, 4.69) is 20.4 Å². The average Bonchev–Trinajstić information content (AvgIpc) is 3.25. The highest BCUT2D eigenvalue weighted by Crippen LogP contribution is 2.29. The number of hydrogen-bond donors (Lipinski definition) is 3. The van der Waals surface area contributed by atoms with Gasteiger partial charge in [-0.15, -0.1) is 0 Å². The minimum atomic E-state index is -0.742. The summed E-state index contributed by atoms with van der Waals surface area (Å²) in [5.41, 5.74) is 1.37. The van der Waals surface area contributed by atoms with Gasteiger partial charge in [-0.1, -0.05) is 6.07 Å². The summed E-state index contributed by atoms with van der Waals surface area (Å²) in [6.07, 6.45) is 5.16. The van der Waals surface area contributed by atoms with Gasteiger partial charge in [0.05, 0.1) is 23.9 Å². The van der Waals surface area contributed by atoms with Crippen LogP contribution < -0.4 is 10.1 Å². The summed E-state index contributed by atoms with van der Waals surface area (Å²) in [5, 5.41) is 25.5. The Morgan fingerprint density at radius 1 is 1.31 bits per heavy atom. The minimum Gasteiger partial charge on any atom is -0.475 e. The molecular formula is C21H25FN6O4. The molecule has 1 atom stereocenters. The topological polar surface area (TPSA) is 125 Å². The Morgan fingerprint density at radius 3 is 3.00 bits per heavy atom. The summed E-state index contributed by atoms with van der Waals surface area (Å²) in [6, 6.07) is 5.31. The van der Waals surface area contributed by atoms with Crippen molar-refractivity contribution in [1.29, 1.82) is 0 Å². The van der Waals surface area contributed by atoms with Crippen molar-refractivity contribution >= 4 is 17.2 Å². The Morgan fingerprint density at radius 2 is 2.19 bits per heavy atom. The molecule has 1 saturated heterocycles. The first-order valence-electron chi connectivity index (χ1n) is 10.5. The molecular weight excluding hydrogens is 419 g/mol. The highest BCUT2D eigenvalue weighted by Gasteiger charge is 2.26. The molecule has 0 aromatic carbocycles. The first-order chi connectivity index (χ1) is 15.6. The largest absolute Gasteiger partial charge is 0.475 e. The van der Waals surface area contributed by atoms with Gasteiger partial charge in [0.15, 0.2) is 11.6 Å². The number of halogens is 1. The van der Waals surface area contributed by atoms with Crippen LogP contribution in [0.5, 0.6) is 5.88 Å². The van der Waals surface area contributed by atoms with Crippen LogP contribution in [-0.2, 0) is 4.79 Å². The molecule has 32 heavy (non-hydrogen) atoms. The highest BCUT2D eigenvalue weighted by atomic mass is 19.1. The van der Waals surface area contributed by atoms with E-state index < -0.39 is 12.4 Å². The quantitative estimate of drug-likeness (QED) is 0.441. The fourth-order valence-electron chi connectivity index (χ4n) is 3.69. The molecule has 1 aliphatic heterocycles. The summed E-state index contributed by atoms with van der Waals surface area (Å²) in [6.45, 7) is 0.328. The van der Waals surface area contributed by atoms with Crippen molar-refractivity contribution in [2.45, 2.75) is 25.3 Å². The first kappa shape index (κ1) is 21.9. The molecule has 0 aliphatic carbocycles. The molecule has 11 heteroatoms. The summed E-state index contributed by atoms with van der Waals surface area (Å²) >= 11 is 0. The second-order valence-electron chi connectivity index (χ2n) is 7.51. The lowest BCUT2D eigenvalue weighted by Gasteiger charge is -2.33. The van der Waals surface area contributed by atoms with Crippen LogP contribution in [0.25, 0.3) is 16.9 Å². The maximum atomic E-state index is 15.2. The molecule has 0 unspecified atom stereocenters. The standard InChI is InChI=1S/C21H25FN6O4/c22-18-20(24-14-5-3-7-27(12-14)17(31)13-30)25-19(26-21(18)32-10-4-9-29)15-11-23-28-8-2-1-6-16(15)28/h1-2,6,8,11,14,29-30H,3-5,7,9-10,12-13H2,(H,24,25,26)/t14-/m1/s1. The second-order valence-corrected chi connectivity index (χ2v) is 7.51. The molecule has 1 fully saturated rings. The summed E-state index contributed by atoms with van der Waals surface area (Å²) in [5.74, 6) is -1.12. The third kappa shape index (κ3) is 4.63. The summed E-state index contributed by atoms with van der Waals surface area (Å²) in [7, 11) is 0. The predicted octanol–water partition coefficient (Wildman–Crippen LogP) is 1.09. The lowest BCUT2D eigenvalue weighted by molar-refractivity contribution is -0.135. The Bertz CT molecular complexity index is 1090. The summed E-state index contributed by atoms with van der Waals surface area (Å²) < 4.78 is 22.3. The zero-order chi connectivity index (χ0) is 22.5. The van der Waals surface area contributed by atoms with E-state index >= 15 is 4.39 Å². The molecule has 1 amide bonds. The molecule has 10 nitrogen and oxygen atoms in total. The molecule has 3 aromatic rings. The van der Waals surface area contributed by atoms with Crippen LogP contribution in [0, 0.1) is 5.82 Å². The van der Waals surface area contributed by atoms with E-state index in [0.717, 1.165) is 11.9 Å². The number of amides is 1. The van der Waals surface area contributed by atoms with Crippen LogP contribution in [0.3, 0.4) is 0 Å². The third-order valence-electron chi connectivity index (χ3n) is 5.28. The number of pyridine rings is 1. The van der Waals surface area contributed by atoms with E-state index in [9.17, 15) is 4.79 Å². The number of hydrogen-bond acceptors (Lipinski definition) is 8. The van der Waals surface area contributed by atoms with Crippen LogP contribution in [0.4, 0.5) is 10.2 Å². The minimum absolute atomic E-state index is 0.0347. The van der Waals surface area contributed by atoms with Crippen molar-refractivity contribution in [3.8, 4) is 17.3 Å². The Hall–Kier alpha value is -3.31. The lowest BCUT2D eigenvalue weighted by Crippen LogP contribution is -2.46. The number of nitrogens with zero attached hydrogens (tertiary/aromatic N) is 5. The number of aromatic nitrogens is 4. The number of ether oxygens (including phenoxy) is 1. The fraction of sp³-hybridized carbons (Fsp3) is 0.429. The Balaban J connectivity index is 1.67. The van der Waals surface area contributed by atoms with Gasteiger partial charge >= 0.3 is 0 Å². The van der Waals surface area contributed by atoms with E-state index in [1.54, 1.807) is 21.8 Å². The maximum absolute atomic E-state index is 15.2. The van der Waals surface area contributed by atoms with Gasteiger partial charge in [0, 0.05) is 38.4 Å². The predicted molar refractivity (Wildman–Crippen MR) is 114 cm³/mol. The normalized spacial score (nSPS) is 16.3. The van der Waals surface area contributed by atoms with E-state index in [1.807, 2.05) is 18.2 Å². The monoisotopic (exact) mass is 444 g/mol. The molecule has 4 heterocycles. The van der Waals surface area contributed by atoms with Gasteiger partial charge in [-0.05, 0) is 25.0 Å². The smallest absolute Gasteiger partial charge is 0.256 e. The molecule has 4 rings (SSSR count). The molecule has 3 aromatic heterocycles. The van der Waals surface area contributed by atoms with Crippen molar-refractivity contribution in [3.05, 3.63) is 36.4 Å². The van der Waals surface area contributed by atoms with Gasteiger partial charge in [0.2, 0.25) is 11.7 Å². The lowest BCUT2D eigenvalue weighted by atomic mass is 10.1. The number of aliphatic hydroxyl groups excluding tert-OH is 2. The van der Waals surface area contributed by atoms with Crippen molar-refractivity contribution < 1.29 is 24.1 Å². The summed E-state index contributed by atoms with van der Waals surface area (Å²) in [4.78, 5) is 22.1. The highest BCUT2D eigenvalue weighted by molar-refractivity contribution is 5.77. The van der Waals surface area contributed by atoms with Gasteiger partial charge in [0.1, 0.15) is 6.61 Å². The zero-order valence-electron chi connectivity index (χ0n) is 17.4.